The van der Waals surface area contributed by atoms with Crippen molar-refractivity contribution in [2.45, 2.75) is 0 Å². The molecule has 1 aliphatic rings. The molecule has 1 aromatic carbocycles. The standard InChI is InChI=1S/C19H12N2O3S2/c20-16-11-4-5-12(15-2-1-7-25-15)21-19(11)26-18(16)17(22)10-3-6-13-14(8-10)24-9-23-13/h1-8H,9,20H2. The third-order valence-corrected chi connectivity index (χ3v) is 6.21. The average Bonchev–Trinajstić information content (AvgIpc) is 3.40. The number of benzene rings is 1. The molecule has 4 heterocycles. The van der Waals surface area contributed by atoms with Gasteiger partial charge in [0, 0.05) is 10.9 Å². The summed E-state index contributed by atoms with van der Waals surface area (Å²) in [4.78, 5) is 20.0. The van der Waals surface area contributed by atoms with Crippen LogP contribution in [0.4, 0.5) is 5.69 Å². The summed E-state index contributed by atoms with van der Waals surface area (Å²) in [5, 5.41) is 2.82. The van der Waals surface area contributed by atoms with Crippen molar-refractivity contribution in [1.29, 1.82) is 0 Å². The number of hydrogen-bond donors (Lipinski definition) is 1. The van der Waals surface area contributed by atoms with Crippen LogP contribution in [-0.2, 0) is 0 Å². The van der Waals surface area contributed by atoms with Gasteiger partial charge < -0.3 is 15.2 Å². The minimum Gasteiger partial charge on any atom is -0.454 e. The second-order valence-electron chi connectivity index (χ2n) is 5.77. The first kappa shape index (κ1) is 15.4. The average molecular weight is 380 g/mol. The zero-order valence-corrected chi connectivity index (χ0v) is 15.0. The number of pyridine rings is 1. The van der Waals surface area contributed by atoms with E-state index in [4.69, 9.17) is 15.2 Å². The van der Waals surface area contributed by atoms with Crippen molar-refractivity contribution in [2.24, 2.45) is 0 Å². The molecule has 1 aliphatic heterocycles. The van der Waals surface area contributed by atoms with Gasteiger partial charge in [-0.2, -0.15) is 0 Å². The number of carbonyl (C=O) groups excluding carboxylic acids is 1. The number of nitrogen functional groups attached to an aromatic ring is 1. The molecule has 0 atom stereocenters. The van der Waals surface area contributed by atoms with E-state index in [1.807, 2.05) is 29.6 Å². The molecule has 2 N–H and O–H groups in total. The minimum absolute atomic E-state index is 0.138. The maximum absolute atomic E-state index is 13.0. The fourth-order valence-corrected chi connectivity index (χ4v) is 4.65. The Kier molecular flexibility index (Phi) is 3.44. The number of ketones is 1. The summed E-state index contributed by atoms with van der Waals surface area (Å²) in [5.41, 5.74) is 8.13. The molecule has 0 saturated carbocycles. The monoisotopic (exact) mass is 380 g/mol. The lowest BCUT2D eigenvalue weighted by Gasteiger charge is -2.02. The number of ether oxygens (including phenoxy) is 2. The first-order valence-electron chi connectivity index (χ1n) is 7.88. The van der Waals surface area contributed by atoms with Crippen molar-refractivity contribution < 1.29 is 14.3 Å². The van der Waals surface area contributed by atoms with E-state index in [0.717, 1.165) is 20.8 Å². The van der Waals surface area contributed by atoms with Gasteiger partial charge in [0.05, 0.1) is 16.3 Å². The zero-order chi connectivity index (χ0) is 17.7. The maximum Gasteiger partial charge on any atom is 0.231 e. The molecule has 0 unspecified atom stereocenters. The lowest BCUT2D eigenvalue weighted by atomic mass is 10.1. The Morgan fingerprint density at radius 3 is 2.85 bits per heavy atom. The molecule has 0 fully saturated rings. The number of thiophene rings is 2. The van der Waals surface area contributed by atoms with Crippen LogP contribution in [0.5, 0.6) is 11.5 Å². The number of nitrogens with zero attached hydrogens (tertiary/aromatic N) is 1. The normalized spacial score (nSPS) is 12.6. The van der Waals surface area contributed by atoms with E-state index in [2.05, 4.69) is 4.98 Å². The third-order valence-electron chi connectivity index (χ3n) is 4.21. The summed E-state index contributed by atoms with van der Waals surface area (Å²) in [5.74, 6) is 1.09. The molecule has 0 bridgehead atoms. The fraction of sp³-hybridized carbons (Fsp3) is 0.0526. The predicted octanol–water partition coefficient (Wildman–Crippen LogP) is 4.57. The molecule has 5 rings (SSSR count). The molecule has 7 heteroatoms. The van der Waals surface area contributed by atoms with Crippen molar-refractivity contribution in [1.82, 2.24) is 4.98 Å². The molecule has 128 valence electrons. The highest BCUT2D eigenvalue weighted by molar-refractivity contribution is 7.21. The molecule has 4 aromatic rings. The van der Waals surface area contributed by atoms with Gasteiger partial charge in [0.2, 0.25) is 12.6 Å². The summed E-state index contributed by atoms with van der Waals surface area (Å²) in [6.07, 6.45) is 0. The van der Waals surface area contributed by atoms with Gasteiger partial charge in [0.25, 0.3) is 0 Å². The number of nitrogens with two attached hydrogens (primary N) is 1. The molecule has 5 nitrogen and oxygen atoms in total. The number of rotatable bonds is 3. The second kappa shape index (κ2) is 5.82. The van der Waals surface area contributed by atoms with E-state index >= 15 is 0 Å². The zero-order valence-electron chi connectivity index (χ0n) is 13.4. The van der Waals surface area contributed by atoms with Crippen molar-refractivity contribution in [3.05, 3.63) is 58.3 Å². The Labute approximate surface area is 156 Å². The molecular weight excluding hydrogens is 368 g/mol. The van der Waals surface area contributed by atoms with Crippen molar-refractivity contribution in [3.63, 3.8) is 0 Å². The van der Waals surface area contributed by atoms with Crippen LogP contribution < -0.4 is 15.2 Å². The number of fused-ring (bicyclic) bond motifs is 2. The highest BCUT2D eigenvalue weighted by Gasteiger charge is 2.22. The van der Waals surface area contributed by atoms with Gasteiger partial charge in [0.15, 0.2) is 11.5 Å². The quantitative estimate of drug-likeness (QED) is 0.527. The first-order valence-corrected chi connectivity index (χ1v) is 9.57. The first-order chi connectivity index (χ1) is 12.7. The molecule has 3 aromatic heterocycles. The Morgan fingerprint density at radius 1 is 1.12 bits per heavy atom. The summed E-state index contributed by atoms with van der Waals surface area (Å²) < 4.78 is 10.7. The predicted molar refractivity (Wildman–Crippen MR) is 103 cm³/mol. The molecular formula is C19H12N2O3S2. The van der Waals surface area contributed by atoms with Gasteiger partial charge >= 0.3 is 0 Å². The largest absolute Gasteiger partial charge is 0.454 e. The highest BCUT2D eigenvalue weighted by Crippen LogP contribution is 2.38. The maximum atomic E-state index is 13.0. The van der Waals surface area contributed by atoms with Crippen LogP contribution in [0.1, 0.15) is 15.2 Å². The Bertz CT molecular complexity index is 1150. The molecule has 0 saturated heterocycles. The number of carbonyl (C=O) groups is 1. The summed E-state index contributed by atoms with van der Waals surface area (Å²) in [6, 6.07) is 13.0. The number of anilines is 1. The number of aromatic nitrogens is 1. The second-order valence-corrected chi connectivity index (χ2v) is 7.72. The Hall–Kier alpha value is -2.90. The molecule has 0 radical (unpaired) electrons. The van der Waals surface area contributed by atoms with Crippen molar-refractivity contribution in [3.8, 4) is 22.1 Å². The lowest BCUT2D eigenvalue weighted by Crippen LogP contribution is -2.02. The topological polar surface area (TPSA) is 74.4 Å². The van der Waals surface area contributed by atoms with Crippen LogP contribution >= 0.6 is 22.7 Å². The van der Waals surface area contributed by atoms with Gasteiger partial charge in [-0.25, -0.2) is 4.98 Å². The van der Waals surface area contributed by atoms with E-state index in [9.17, 15) is 4.79 Å². The van der Waals surface area contributed by atoms with Gasteiger partial charge in [-0.1, -0.05) is 6.07 Å². The van der Waals surface area contributed by atoms with Crippen LogP contribution in [0.25, 0.3) is 20.8 Å². The number of hydrogen-bond acceptors (Lipinski definition) is 7. The van der Waals surface area contributed by atoms with Gasteiger partial charge in [0.1, 0.15) is 9.71 Å². The van der Waals surface area contributed by atoms with Crippen molar-refractivity contribution >= 4 is 44.4 Å². The highest BCUT2D eigenvalue weighted by atomic mass is 32.1. The van der Waals surface area contributed by atoms with Crippen LogP contribution in [-0.4, -0.2) is 17.6 Å². The molecule has 0 aliphatic carbocycles. The van der Waals surface area contributed by atoms with E-state index in [-0.39, 0.29) is 12.6 Å². The van der Waals surface area contributed by atoms with Crippen LogP contribution in [0.2, 0.25) is 0 Å². The SMILES string of the molecule is Nc1c(C(=O)c2ccc3c(c2)OCO3)sc2nc(-c3cccs3)ccc12. The van der Waals surface area contributed by atoms with E-state index in [1.54, 1.807) is 29.5 Å². The van der Waals surface area contributed by atoms with E-state index in [0.29, 0.717) is 27.6 Å². The lowest BCUT2D eigenvalue weighted by molar-refractivity contribution is 0.104. The molecule has 0 spiro atoms. The van der Waals surface area contributed by atoms with E-state index in [1.165, 1.54) is 11.3 Å². The smallest absolute Gasteiger partial charge is 0.231 e. The third kappa shape index (κ3) is 2.36. The minimum atomic E-state index is -0.138. The van der Waals surface area contributed by atoms with Crippen LogP contribution in [0.15, 0.2) is 47.8 Å². The summed E-state index contributed by atoms with van der Waals surface area (Å²) in [6.45, 7) is 0.174. The molecule has 26 heavy (non-hydrogen) atoms. The Balaban J connectivity index is 1.58. The van der Waals surface area contributed by atoms with Crippen molar-refractivity contribution in [2.75, 3.05) is 12.5 Å². The van der Waals surface area contributed by atoms with Gasteiger partial charge in [-0.3, -0.25) is 4.79 Å². The van der Waals surface area contributed by atoms with Crippen LogP contribution in [0, 0.1) is 0 Å². The van der Waals surface area contributed by atoms with Gasteiger partial charge in [-0.15, -0.1) is 22.7 Å². The van der Waals surface area contributed by atoms with Crippen LogP contribution in [0.3, 0.4) is 0 Å². The summed E-state index contributed by atoms with van der Waals surface area (Å²) in [7, 11) is 0. The fourth-order valence-electron chi connectivity index (χ4n) is 2.90. The summed E-state index contributed by atoms with van der Waals surface area (Å²) >= 11 is 2.95. The van der Waals surface area contributed by atoms with E-state index < -0.39 is 0 Å². The molecule has 0 amide bonds. The Morgan fingerprint density at radius 2 is 2.00 bits per heavy atom. The van der Waals surface area contributed by atoms with Gasteiger partial charge in [-0.05, 0) is 41.8 Å².